The third kappa shape index (κ3) is 17.9. The first-order valence-electron chi connectivity index (χ1n) is 25.9. The minimum Gasteiger partial charge on any atom is -0.454 e. The monoisotopic (exact) mass is 1200 g/mol. The molecule has 4 aliphatic rings. The van der Waals surface area contributed by atoms with Crippen LogP contribution >= 0.6 is 0 Å². The van der Waals surface area contributed by atoms with Crippen LogP contribution in [0.4, 0.5) is 28.9 Å². The zero-order valence-corrected chi connectivity index (χ0v) is 45.8. The summed E-state index contributed by atoms with van der Waals surface area (Å²) in [4.78, 5) is 87.4. The Morgan fingerprint density at radius 3 is 1.57 bits per heavy atom. The summed E-state index contributed by atoms with van der Waals surface area (Å²) >= 11 is 0. The van der Waals surface area contributed by atoms with E-state index in [2.05, 4.69) is 0 Å². The highest BCUT2D eigenvalue weighted by Gasteiger charge is 2.50. The Hall–Kier alpha value is -9.28. The predicted molar refractivity (Wildman–Crippen MR) is 288 cm³/mol. The molecular formula is C59H56F4N2O21. The number of nitro groups is 2. The molecule has 0 bridgehead atoms. The van der Waals surface area contributed by atoms with Gasteiger partial charge in [0.2, 0.25) is 0 Å². The summed E-state index contributed by atoms with van der Waals surface area (Å²) in [6, 6.07) is 30.4. The number of carbonyl (C=O) groups excluding carboxylic acids is 5. The number of halogens is 4. The predicted octanol–water partition coefficient (Wildman–Crippen LogP) is 7.84. The van der Waals surface area contributed by atoms with Crippen LogP contribution in [0, 0.1) is 20.2 Å². The van der Waals surface area contributed by atoms with Crippen LogP contribution in [0.3, 0.4) is 0 Å². The number of cyclic esters (lactones) is 2. The first kappa shape index (κ1) is 65.9. The van der Waals surface area contributed by atoms with Crippen LogP contribution in [0.1, 0.15) is 86.5 Å². The van der Waals surface area contributed by atoms with Crippen molar-refractivity contribution < 1.29 is 104 Å². The number of carbonyl (C=O) groups is 5. The average Bonchev–Trinajstić information content (AvgIpc) is 1.41. The number of rotatable bonds is 15. The largest absolute Gasteiger partial charge is 0.454 e. The maximum absolute atomic E-state index is 14.9. The number of nitrogens with zero attached hydrogens (tertiary/aromatic N) is 2. The van der Waals surface area contributed by atoms with Crippen LogP contribution < -0.4 is 5.63 Å². The number of aliphatic hydroxyl groups excluding tert-OH is 3. The molecule has 1 saturated heterocycles. The molecule has 0 saturated carbocycles. The van der Waals surface area contributed by atoms with Gasteiger partial charge in [0.1, 0.15) is 36.3 Å². The van der Waals surface area contributed by atoms with Gasteiger partial charge in [-0.15, -0.1) is 0 Å². The Labute approximate surface area is 485 Å². The van der Waals surface area contributed by atoms with Gasteiger partial charge >= 0.3 is 35.5 Å². The van der Waals surface area contributed by atoms with E-state index in [0.717, 1.165) is 68.5 Å². The standard InChI is InChI=1S/C16H17FO4.2C15H14FNO7.C13H11FO3/c1-16(2)20-11-8-9-12(18)19-14(11)15(21-16)13(17)10-6-4-3-5-7-10;1-8(18)23-11-6-7-12(19)24-15(11)14(20)13(16)9-2-4-10(5-3-9)17(21)22;1-8(18)23-11-6-7-12(19)24-15(11)14(20)13(16)9-4-2-3-5-10(9)17(21)22;14-12(9-5-2-1-3-6-9)13(16)10-7-4-8-11(15)17-10/h3-9,11,13-15H,1-2H3;2*2-7,11,13-15,20H,1H3;1-8,12-13,16H/t11-,13+,14+,15-;2*11-,13+,14-,15+;12-,13-/m0001/s1. The zero-order valence-electron chi connectivity index (χ0n) is 45.8. The van der Waals surface area contributed by atoms with Crippen molar-refractivity contribution in [3.63, 3.8) is 0 Å². The second-order valence-corrected chi connectivity index (χ2v) is 19.4. The van der Waals surface area contributed by atoms with Gasteiger partial charge in [-0.3, -0.25) is 29.8 Å². The quantitative estimate of drug-likeness (QED) is 0.0295. The minimum absolute atomic E-state index is 0.0414. The maximum Gasteiger partial charge on any atom is 0.335 e. The number of non-ortho nitro benzene ring substituents is 1. The molecule has 0 unspecified atom stereocenters. The molecular weight excluding hydrogens is 1150 g/mol. The van der Waals surface area contributed by atoms with Crippen LogP contribution in [0.2, 0.25) is 0 Å². The number of aliphatic hydroxyl groups is 3. The molecule has 5 heterocycles. The summed E-state index contributed by atoms with van der Waals surface area (Å²) in [6.07, 6.45) is -12.8. The molecule has 456 valence electrons. The van der Waals surface area contributed by atoms with Crippen LogP contribution in [0.25, 0.3) is 0 Å². The topological polar surface area (TPSA) is 327 Å². The fourth-order valence-electron chi connectivity index (χ4n) is 8.77. The number of benzene rings is 4. The summed E-state index contributed by atoms with van der Waals surface area (Å²) in [6.45, 7) is 5.66. The van der Waals surface area contributed by atoms with Gasteiger partial charge in [-0.1, -0.05) is 78.9 Å². The Morgan fingerprint density at radius 2 is 1.05 bits per heavy atom. The van der Waals surface area contributed by atoms with Gasteiger partial charge < -0.3 is 52.9 Å². The van der Waals surface area contributed by atoms with E-state index in [4.69, 9.17) is 37.6 Å². The number of alkyl halides is 4. The Bertz CT molecular complexity index is 3330. The van der Waals surface area contributed by atoms with E-state index in [0.29, 0.717) is 11.1 Å². The number of nitro benzene ring substituents is 2. The number of ether oxygens (including phenoxy) is 7. The minimum atomic E-state index is -2.23. The summed E-state index contributed by atoms with van der Waals surface area (Å²) in [5.74, 6) is -4.59. The van der Waals surface area contributed by atoms with E-state index in [1.807, 2.05) is 6.07 Å². The van der Waals surface area contributed by atoms with E-state index in [1.54, 1.807) is 74.5 Å². The molecule has 4 aromatic carbocycles. The number of para-hydroxylation sites is 1. The lowest BCUT2D eigenvalue weighted by Crippen LogP contribution is -2.57. The van der Waals surface area contributed by atoms with Crippen molar-refractivity contribution in [2.45, 2.75) is 119 Å². The molecule has 1 fully saturated rings. The number of fused-ring (bicyclic) bond motifs is 1. The van der Waals surface area contributed by atoms with Gasteiger partial charge in [0.05, 0.1) is 15.4 Å². The SMILES string of the molecule is CC(=O)O[C@H]1C=CC(=O)O[C@H]1[C@@H](O)[C@H](F)c1ccc([N+](=O)[O-])cc1.CC(=O)O[C@H]1C=CC(=O)O[C@H]1[C@@H](O)[C@H](F)c1ccccc1[N+](=O)[O-].CC1(C)O[C@@H]([C@H](F)c2ccccc2)[C@@H]2OC(=O)C=C[C@@H]2O1.O=c1cccc([C@@H](O)[C@H](F)c2ccccc2)o1. The summed E-state index contributed by atoms with van der Waals surface area (Å²) in [5.41, 5.74) is -0.948. The van der Waals surface area contributed by atoms with Crippen molar-refractivity contribution in [1.29, 1.82) is 0 Å². The van der Waals surface area contributed by atoms with Gasteiger partial charge in [-0.25, -0.2) is 36.7 Å². The highest BCUT2D eigenvalue weighted by atomic mass is 19.1. The molecule has 86 heavy (non-hydrogen) atoms. The zero-order chi connectivity index (χ0) is 63.0. The highest BCUT2D eigenvalue weighted by molar-refractivity contribution is 5.84. The normalized spacial score (nSPS) is 23.2. The van der Waals surface area contributed by atoms with Crippen LogP contribution in [0.5, 0.6) is 0 Å². The van der Waals surface area contributed by atoms with E-state index >= 15 is 0 Å². The first-order chi connectivity index (χ1) is 40.7. The molecule has 27 heteroatoms. The Morgan fingerprint density at radius 1 is 0.558 bits per heavy atom. The molecule has 0 spiro atoms. The molecule has 0 radical (unpaired) electrons. The number of hydrogen-bond donors (Lipinski definition) is 3. The van der Waals surface area contributed by atoms with Crippen molar-refractivity contribution in [1.82, 2.24) is 0 Å². The van der Waals surface area contributed by atoms with Gasteiger partial charge in [-0.05, 0) is 73.0 Å². The summed E-state index contributed by atoms with van der Waals surface area (Å²) in [5, 5.41) is 51.7. The molecule has 3 N–H and O–H groups in total. The Balaban J connectivity index is 0.000000185. The first-order valence-corrected chi connectivity index (χ1v) is 25.9. The highest BCUT2D eigenvalue weighted by Crippen LogP contribution is 2.40. The van der Waals surface area contributed by atoms with Gasteiger partial charge in [-0.2, -0.15) is 0 Å². The third-order valence-corrected chi connectivity index (χ3v) is 12.7. The molecule has 1 aromatic heterocycles. The Kier molecular flexibility index (Phi) is 23.0. The third-order valence-electron chi connectivity index (χ3n) is 12.7. The van der Waals surface area contributed by atoms with E-state index in [-0.39, 0.29) is 22.6 Å². The second-order valence-electron chi connectivity index (χ2n) is 19.4. The van der Waals surface area contributed by atoms with E-state index < -0.39 is 143 Å². The molecule has 23 nitrogen and oxygen atoms in total. The average molecular weight is 1210 g/mol. The molecule has 0 aliphatic carbocycles. The van der Waals surface area contributed by atoms with Gasteiger partial charge in [0.15, 0.2) is 61.0 Å². The fourth-order valence-corrected chi connectivity index (χ4v) is 8.77. The van der Waals surface area contributed by atoms with Crippen molar-refractivity contribution in [3.8, 4) is 0 Å². The molecule has 9 rings (SSSR count). The van der Waals surface area contributed by atoms with Crippen LogP contribution in [-0.4, -0.2) is 116 Å². The van der Waals surface area contributed by atoms with Crippen molar-refractivity contribution >= 4 is 41.2 Å². The van der Waals surface area contributed by atoms with Gasteiger partial charge in [0, 0.05) is 56.3 Å². The molecule has 14 atom stereocenters. The van der Waals surface area contributed by atoms with Crippen LogP contribution in [-0.2, 0) is 57.1 Å². The van der Waals surface area contributed by atoms with E-state index in [1.165, 1.54) is 42.5 Å². The number of esters is 5. The molecule has 4 aliphatic heterocycles. The molecule has 0 amide bonds. The fraction of sp³-hybridized carbons (Fsp3) is 0.322. The van der Waals surface area contributed by atoms with Crippen molar-refractivity contribution in [3.05, 3.63) is 223 Å². The summed E-state index contributed by atoms with van der Waals surface area (Å²) < 4.78 is 98.8. The lowest BCUT2D eigenvalue weighted by Gasteiger charge is -2.46. The number of hydrogen-bond acceptors (Lipinski definition) is 21. The molecule has 5 aromatic rings. The van der Waals surface area contributed by atoms with Crippen molar-refractivity contribution in [2.75, 3.05) is 0 Å². The van der Waals surface area contributed by atoms with Gasteiger partial charge in [0.25, 0.3) is 11.4 Å². The maximum atomic E-state index is 14.9. The van der Waals surface area contributed by atoms with E-state index in [9.17, 15) is 81.9 Å². The van der Waals surface area contributed by atoms with Crippen LogP contribution in [0.15, 0.2) is 173 Å². The second kappa shape index (κ2) is 30.0. The smallest absolute Gasteiger partial charge is 0.335 e. The summed E-state index contributed by atoms with van der Waals surface area (Å²) in [7, 11) is 0. The van der Waals surface area contributed by atoms with Crippen molar-refractivity contribution in [2.24, 2.45) is 0 Å². The lowest BCUT2D eigenvalue weighted by atomic mass is 9.95. The lowest BCUT2D eigenvalue weighted by molar-refractivity contribution is -0.386.